The number of anilines is 2. The molecule has 0 bridgehead atoms. The molecule has 0 unspecified atom stereocenters. The lowest BCUT2D eigenvalue weighted by atomic mass is 9.95. The van der Waals surface area contributed by atoms with Crippen LogP contribution < -0.4 is 10.2 Å². The standard InChI is InChI=1S/C33H34FN7O/c1-6-30(42)36-29-17-23(16-28(34)20(29)2)31-26-15-24(27-19-40(5)38-21(27)3)18-35-33(26)37-32(31)22-7-9-25(10-8-22)41-13-11-39(4)12-14-41/h6-10,15-19H,1,11-14H2,2-5H3,(H,35,37)(H,36,42). The number of aryl methyl sites for hydroxylation is 2. The predicted octanol–water partition coefficient (Wildman–Crippen LogP) is 5.93. The minimum Gasteiger partial charge on any atom is -0.369 e. The summed E-state index contributed by atoms with van der Waals surface area (Å²) in [6.07, 6.45) is 4.98. The highest BCUT2D eigenvalue weighted by molar-refractivity contribution is 6.05. The number of pyridine rings is 1. The molecule has 1 aliphatic heterocycles. The summed E-state index contributed by atoms with van der Waals surface area (Å²) in [7, 11) is 4.04. The molecule has 3 aromatic heterocycles. The largest absolute Gasteiger partial charge is 0.369 e. The average Bonchev–Trinajstić information content (AvgIpc) is 3.54. The van der Waals surface area contributed by atoms with Gasteiger partial charge in [-0.2, -0.15) is 5.10 Å². The summed E-state index contributed by atoms with van der Waals surface area (Å²) in [6, 6.07) is 13.9. The molecule has 0 atom stereocenters. The van der Waals surface area contributed by atoms with Crippen LogP contribution >= 0.6 is 0 Å². The van der Waals surface area contributed by atoms with Crippen LogP contribution in [-0.4, -0.2) is 63.8 Å². The van der Waals surface area contributed by atoms with Crippen LogP contribution in [-0.2, 0) is 11.8 Å². The van der Waals surface area contributed by atoms with Gasteiger partial charge in [-0.25, -0.2) is 9.37 Å². The Morgan fingerprint density at radius 3 is 2.43 bits per heavy atom. The number of piperazine rings is 1. The Hall–Kier alpha value is -4.76. The van der Waals surface area contributed by atoms with E-state index in [0.717, 1.165) is 65.2 Å². The number of carbonyl (C=O) groups is 1. The van der Waals surface area contributed by atoms with Gasteiger partial charge in [0.1, 0.15) is 11.5 Å². The van der Waals surface area contributed by atoms with E-state index in [1.807, 2.05) is 32.4 Å². The second kappa shape index (κ2) is 10.9. The fourth-order valence-electron chi connectivity index (χ4n) is 5.66. The van der Waals surface area contributed by atoms with Crippen molar-refractivity contribution >= 4 is 28.3 Å². The maximum atomic E-state index is 15.4. The molecule has 0 aliphatic carbocycles. The molecule has 2 aromatic carbocycles. The number of rotatable bonds is 6. The minimum atomic E-state index is -0.412. The molecule has 6 rings (SSSR count). The lowest BCUT2D eigenvalue weighted by Gasteiger charge is -2.34. The molecule has 0 spiro atoms. The first-order chi connectivity index (χ1) is 20.2. The number of hydrogen-bond donors (Lipinski definition) is 2. The maximum Gasteiger partial charge on any atom is 0.247 e. The molecule has 1 amide bonds. The fourth-order valence-corrected chi connectivity index (χ4v) is 5.66. The number of aromatic nitrogens is 4. The number of halogens is 1. The van der Waals surface area contributed by atoms with Crippen LogP contribution in [0.15, 0.2) is 67.5 Å². The molecule has 2 N–H and O–H groups in total. The third-order valence-electron chi connectivity index (χ3n) is 8.08. The zero-order valence-corrected chi connectivity index (χ0v) is 24.3. The maximum absolute atomic E-state index is 15.4. The number of carbonyl (C=O) groups excluding carboxylic acids is 1. The van der Waals surface area contributed by atoms with Gasteiger partial charge >= 0.3 is 0 Å². The Labute approximate surface area is 244 Å². The van der Waals surface area contributed by atoms with E-state index in [1.54, 1.807) is 11.6 Å². The summed E-state index contributed by atoms with van der Waals surface area (Å²) in [6.45, 7) is 11.2. The zero-order chi connectivity index (χ0) is 29.5. The van der Waals surface area contributed by atoms with Gasteiger partial charge in [-0.1, -0.05) is 18.7 Å². The number of benzene rings is 2. The summed E-state index contributed by atoms with van der Waals surface area (Å²) in [5.74, 6) is -0.811. The SMILES string of the molecule is C=CC(=O)Nc1cc(-c2c(-c3ccc(N4CCN(C)CC4)cc3)[nH]c3ncc(-c4cn(C)nc4C)cc23)cc(F)c1C. The van der Waals surface area contributed by atoms with E-state index >= 15 is 4.39 Å². The van der Waals surface area contributed by atoms with Crippen molar-refractivity contribution in [3.8, 4) is 33.5 Å². The molecule has 1 aliphatic rings. The second-order valence-electron chi connectivity index (χ2n) is 11.0. The molecule has 5 aromatic rings. The van der Waals surface area contributed by atoms with Crippen LogP contribution in [0.3, 0.4) is 0 Å². The number of likely N-dealkylation sites (N-methyl/N-ethyl adjacent to an activating group) is 1. The Bertz CT molecular complexity index is 1810. The second-order valence-corrected chi connectivity index (χ2v) is 11.0. The van der Waals surface area contributed by atoms with Crippen LogP contribution in [0.5, 0.6) is 0 Å². The minimum absolute atomic E-state index is 0.358. The number of fused-ring (bicyclic) bond motifs is 1. The molecular formula is C33H34FN7O. The Balaban J connectivity index is 1.52. The van der Waals surface area contributed by atoms with E-state index in [2.05, 4.69) is 69.2 Å². The van der Waals surface area contributed by atoms with Crippen molar-refractivity contribution in [2.45, 2.75) is 13.8 Å². The van der Waals surface area contributed by atoms with Gasteiger partial charge in [0.2, 0.25) is 5.91 Å². The molecular weight excluding hydrogens is 529 g/mol. The van der Waals surface area contributed by atoms with Crippen molar-refractivity contribution in [2.24, 2.45) is 7.05 Å². The molecule has 4 heterocycles. The number of hydrogen-bond acceptors (Lipinski definition) is 5. The number of aromatic amines is 1. The molecule has 1 saturated heterocycles. The first-order valence-electron chi connectivity index (χ1n) is 14.0. The van der Waals surface area contributed by atoms with Gasteiger partial charge in [0.15, 0.2) is 0 Å². The van der Waals surface area contributed by atoms with Gasteiger partial charge in [0, 0.05) is 84.6 Å². The van der Waals surface area contributed by atoms with Gasteiger partial charge in [0.05, 0.1) is 11.4 Å². The monoisotopic (exact) mass is 563 g/mol. The Morgan fingerprint density at radius 2 is 1.76 bits per heavy atom. The van der Waals surface area contributed by atoms with E-state index < -0.39 is 11.7 Å². The molecule has 8 nitrogen and oxygen atoms in total. The quantitative estimate of drug-likeness (QED) is 0.250. The van der Waals surface area contributed by atoms with Crippen molar-refractivity contribution in [3.63, 3.8) is 0 Å². The first-order valence-corrected chi connectivity index (χ1v) is 14.0. The van der Waals surface area contributed by atoms with E-state index in [1.165, 1.54) is 17.8 Å². The van der Waals surface area contributed by atoms with Crippen LogP contribution in [0.1, 0.15) is 11.3 Å². The highest BCUT2D eigenvalue weighted by Gasteiger charge is 2.21. The van der Waals surface area contributed by atoms with Gasteiger partial charge < -0.3 is 20.1 Å². The highest BCUT2D eigenvalue weighted by Crippen LogP contribution is 2.41. The van der Waals surface area contributed by atoms with Gasteiger partial charge in [-0.3, -0.25) is 9.48 Å². The fraction of sp³-hybridized carbons (Fsp3) is 0.242. The van der Waals surface area contributed by atoms with Crippen molar-refractivity contribution in [1.29, 1.82) is 0 Å². The lowest BCUT2D eigenvalue weighted by Crippen LogP contribution is -2.44. The summed E-state index contributed by atoms with van der Waals surface area (Å²) in [5, 5.41) is 8.10. The molecule has 42 heavy (non-hydrogen) atoms. The van der Waals surface area contributed by atoms with Gasteiger partial charge in [-0.15, -0.1) is 0 Å². The number of nitrogens with zero attached hydrogens (tertiary/aromatic N) is 5. The van der Waals surface area contributed by atoms with E-state index in [4.69, 9.17) is 4.98 Å². The molecule has 214 valence electrons. The smallest absolute Gasteiger partial charge is 0.247 e. The van der Waals surface area contributed by atoms with Crippen LogP contribution in [0.4, 0.5) is 15.8 Å². The summed E-state index contributed by atoms with van der Waals surface area (Å²) < 4.78 is 17.2. The number of nitrogens with one attached hydrogen (secondary N) is 2. The average molecular weight is 564 g/mol. The van der Waals surface area contributed by atoms with Crippen molar-refractivity contribution in [3.05, 3.63) is 84.6 Å². The summed E-state index contributed by atoms with van der Waals surface area (Å²) >= 11 is 0. The van der Waals surface area contributed by atoms with Crippen LogP contribution in [0.25, 0.3) is 44.5 Å². The van der Waals surface area contributed by atoms with E-state index in [-0.39, 0.29) is 0 Å². The van der Waals surface area contributed by atoms with Crippen molar-refractivity contribution in [2.75, 3.05) is 43.4 Å². The highest BCUT2D eigenvalue weighted by atomic mass is 19.1. The van der Waals surface area contributed by atoms with E-state index in [0.29, 0.717) is 22.5 Å². The zero-order valence-electron chi connectivity index (χ0n) is 24.3. The first kappa shape index (κ1) is 27.4. The van der Waals surface area contributed by atoms with Gasteiger partial charge in [0.25, 0.3) is 0 Å². The molecule has 0 saturated carbocycles. The van der Waals surface area contributed by atoms with Crippen molar-refractivity contribution in [1.82, 2.24) is 24.6 Å². The molecule has 0 radical (unpaired) electrons. The number of amides is 1. The topological polar surface area (TPSA) is 82.1 Å². The van der Waals surface area contributed by atoms with Crippen LogP contribution in [0, 0.1) is 19.7 Å². The third-order valence-corrected chi connectivity index (χ3v) is 8.08. The summed E-state index contributed by atoms with van der Waals surface area (Å²) in [4.78, 5) is 25.2. The predicted molar refractivity (Wildman–Crippen MR) is 167 cm³/mol. The van der Waals surface area contributed by atoms with E-state index in [9.17, 15) is 4.79 Å². The number of H-pyrrole nitrogens is 1. The molecule has 1 fully saturated rings. The van der Waals surface area contributed by atoms with Gasteiger partial charge in [-0.05, 0) is 68.4 Å². The normalized spacial score (nSPS) is 14.0. The third kappa shape index (κ3) is 5.07. The van der Waals surface area contributed by atoms with Crippen molar-refractivity contribution < 1.29 is 9.18 Å². The Morgan fingerprint density at radius 1 is 1.02 bits per heavy atom. The molecule has 9 heteroatoms. The summed E-state index contributed by atoms with van der Waals surface area (Å²) in [5.41, 5.74) is 8.62. The lowest BCUT2D eigenvalue weighted by molar-refractivity contribution is -0.111. The Kier molecular flexibility index (Phi) is 7.12. The van der Waals surface area contributed by atoms with Crippen LogP contribution in [0.2, 0.25) is 0 Å².